The number of nitrogens with one attached hydrogen (secondary N) is 3. The van der Waals surface area contributed by atoms with Crippen LogP contribution in [-0.4, -0.2) is 93.4 Å². The zero-order chi connectivity index (χ0) is 39.8. The number of nitrogens with zero attached hydrogens (tertiary/aromatic N) is 5. The zero-order valence-corrected chi connectivity index (χ0v) is 33.2. The number of carbonyl (C=O) groups is 3. The molecule has 0 spiro atoms. The lowest BCUT2D eigenvalue weighted by molar-refractivity contribution is -0.188. The van der Waals surface area contributed by atoms with E-state index in [-0.39, 0.29) is 60.7 Å². The number of aromatic nitrogens is 4. The molecule has 14 nitrogen and oxygen atoms in total. The highest BCUT2D eigenvalue weighted by molar-refractivity contribution is 5.79. The van der Waals surface area contributed by atoms with Gasteiger partial charge in [0.1, 0.15) is 11.6 Å². The predicted octanol–water partition coefficient (Wildman–Crippen LogP) is 7.25. The first kappa shape index (κ1) is 40.2. The van der Waals surface area contributed by atoms with E-state index in [0.29, 0.717) is 13.1 Å². The monoisotopic (exact) mass is 766 g/mol. The second-order valence-electron chi connectivity index (χ2n) is 15.2. The highest BCUT2D eigenvalue weighted by Gasteiger charge is 2.35. The summed E-state index contributed by atoms with van der Waals surface area (Å²) >= 11 is 0. The van der Waals surface area contributed by atoms with E-state index in [1.54, 1.807) is 0 Å². The van der Waals surface area contributed by atoms with Crippen LogP contribution in [0.1, 0.15) is 90.0 Å². The third kappa shape index (κ3) is 9.47. The molecule has 14 heteroatoms. The number of rotatable bonds is 15. The molecule has 0 saturated carbocycles. The lowest BCUT2D eigenvalue weighted by atomic mass is 10.00. The number of amides is 3. The Morgan fingerprint density at radius 3 is 1.70 bits per heavy atom. The molecule has 2 saturated heterocycles. The van der Waals surface area contributed by atoms with Gasteiger partial charge in [0.25, 0.3) is 0 Å². The van der Waals surface area contributed by atoms with Crippen LogP contribution in [0.2, 0.25) is 0 Å². The molecule has 0 bridgehead atoms. The van der Waals surface area contributed by atoms with Gasteiger partial charge in [-0.15, -0.1) is 0 Å². The summed E-state index contributed by atoms with van der Waals surface area (Å²) in [5.41, 5.74) is 5.96. The minimum Gasteiger partial charge on any atom is -0.453 e. The van der Waals surface area contributed by atoms with Crippen molar-refractivity contribution < 1.29 is 28.9 Å². The van der Waals surface area contributed by atoms with Gasteiger partial charge in [0.15, 0.2) is 0 Å². The molecular formula is C42H54N8O6. The molecule has 2 aliphatic rings. The van der Waals surface area contributed by atoms with Gasteiger partial charge in [0.05, 0.1) is 56.1 Å². The number of ether oxygens (including phenoxy) is 1. The van der Waals surface area contributed by atoms with Gasteiger partial charge < -0.3 is 34.7 Å². The molecule has 3 amide bonds. The molecule has 2 aromatic carbocycles. The summed E-state index contributed by atoms with van der Waals surface area (Å²) in [4.78, 5) is 72.6. The molecule has 3 N–H and O–H groups in total. The molecule has 56 heavy (non-hydrogen) atoms. The van der Waals surface area contributed by atoms with Crippen LogP contribution in [-0.2, 0) is 24.1 Å². The summed E-state index contributed by atoms with van der Waals surface area (Å²) in [6.45, 7) is 9.37. The summed E-state index contributed by atoms with van der Waals surface area (Å²) in [6, 6.07) is 15.9. The van der Waals surface area contributed by atoms with Crippen LogP contribution in [0.3, 0.4) is 0 Å². The average Bonchev–Trinajstić information content (AvgIpc) is 4.04. The number of aliphatic imine (C=N–C) groups is 1. The molecule has 2 fully saturated rings. The molecule has 0 unspecified atom stereocenters. The molecule has 2 aromatic heterocycles. The van der Waals surface area contributed by atoms with Gasteiger partial charge in [-0.1, -0.05) is 76.2 Å². The van der Waals surface area contributed by atoms with E-state index in [4.69, 9.17) is 19.6 Å². The van der Waals surface area contributed by atoms with Gasteiger partial charge in [-0.2, -0.15) is 4.89 Å². The van der Waals surface area contributed by atoms with Crippen molar-refractivity contribution in [3.05, 3.63) is 72.6 Å². The average molecular weight is 767 g/mol. The zero-order valence-electron chi connectivity index (χ0n) is 33.2. The Balaban J connectivity index is 1.07. The van der Waals surface area contributed by atoms with E-state index >= 15 is 0 Å². The van der Waals surface area contributed by atoms with Crippen LogP contribution in [0.4, 0.5) is 4.79 Å². The van der Waals surface area contributed by atoms with E-state index in [1.165, 1.54) is 20.6 Å². The molecule has 6 rings (SSSR count). The number of hydrogen-bond acceptors (Lipinski definition) is 9. The molecule has 4 atom stereocenters. The van der Waals surface area contributed by atoms with Gasteiger partial charge in [-0.3, -0.25) is 14.6 Å². The van der Waals surface area contributed by atoms with Gasteiger partial charge in [-0.25, -0.2) is 14.8 Å². The van der Waals surface area contributed by atoms with Crippen LogP contribution < -0.4 is 5.32 Å². The fourth-order valence-corrected chi connectivity index (χ4v) is 7.56. The lowest BCUT2D eigenvalue weighted by Crippen LogP contribution is -2.43. The summed E-state index contributed by atoms with van der Waals surface area (Å²) in [6.07, 6.45) is 8.36. The van der Waals surface area contributed by atoms with E-state index in [0.717, 1.165) is 71.0 Å². The second-order valence-corrected chi connectivity index (χ2v) is 15.2. The summed E-state index contributed by atoms with van der Waals surface area (Å²) < 4.78 is 4.76. The van der Waals surface area contributed by atoms with Crippen molar-refractivity contribution in [2.75, 3.05) is 27.3 Å². The third-order valence-electron chi connectivity index (χ3n) is 10.9. The van der Waals surface area contributed by atoms with E-state index < -0.39 is 6.09 Å². The topological polar surface area (TPSA) is 167 Å². The fraction of sp³-hybridized carbons (Fsp3) is 0.476. The maximum absolute atomic E-state index is 13.4. The molecule has 4 aromatic rings. The summed E-state index contributed by atoms with van der Waals surface area (Å²) in [5, 5.41) is 2.80. The number of likely N-dealkylation sites (tertiary alicyclic amines) is 2. The number of aromatic amines is 2. The molecule has 298 valence electrons. The highest BCUT2D eigenvalue weighted by atomic mass is 17.2. The van der Waals surface area contributed by atoms with Crippen LogP contribution in [0.5, 0.6) is 0 Å². The fourth-order valence-electron chi connectivity index (χ4n) is 7.56. The van der Waals surface area contributed by atoms with E-state index in [9.17, 15) is 14.4 Å². The highest BCUT2D eigenvalue weighted by Crippen LogP contribution is 2.35. The van der Waals surface area contributed by atoms with Crippen molar-refractivity contribution in [2.24, 2.45) is 16.8 Å². The van der Waals surface area contributed by atoms with Crippen LogP contribution in [0, 0.1) is 11.8 Å². The summed E-state index contributed by atoms with van der Waals surface area (Å²) in [5.74, 6) is 1.84. The first-order valence-electron chi connectivity index (χ1n) is 19.5. The van der Waals surface area contributed by atoms with Crippen molar-refractivity contribution in [2.45, 2.75) is 90.4 Å². The summed E-state index contributed by atoms with van der Waals surface area (Å²) in [7, 11) is 2.74. The Bertz CT molecular complexity index is 1950. The van der Waals surface area contributed by atoms with Crippen LogP contribution in [0.15, 0.2) is 65.9 Å². The number of H-pyrrole nitrogens is 2. The minimum atomic E-state index is -0.534. The van der Waals surface area contributed by atoms with Gasteiger partial charge in [0, 0.05) is 32.0 Å². The molecule has 0 aliphatic carbocycles. The van der Waals surface area contributed by atoms with Crippen molar-refractivity contribution in [1.82, 2.24) is 35.1 Å². The SMILES string of the molecule is COO/C=N\[C@H](CC(=O)N1CCC[C@H]1c1ncc(-c2ccc(-c3ccc(-c4cnc([C@@H]5CCCN5C(=O)C[C@@H](NC(=O)OC)C(C)C)[nH]4)cc3)cc2)[nH]1)C(C)C. The van der Waals surface area contributed by atoms with E-state index in [2.05, 4.69) is 73.7 Å². The first-order chi connectivity index (χ1) is 27.1. The van der Waals surface area contributed by atoms with Crippen molar-refractivity contribution in [3.8, 4) is 33.6 Å². The number of hydrogen-bond donors (Lipinski definition) is 3. The molecule has 2 aliphatic heterocycles. The van der Waals surface area contributed by atoms with Crippen molar-refractivity contribution in [1.29, 1.82) is 0 Å². The molecule has 0 radical (unpaired) electrons. The van der Waals surface area contributed by atoms with E-state index in [1.807, 2.05) is 49.9 Å². The maximum Gasteiger partial charge on any atom is 0.407 e. The maximum atomic E-state index is 13.4. The second kappa shape index (κ2) is 18.4. The number of imidazole rings is 2. The van der Waals surface area contributed by atoms with Gasteiger partial charge >= 0.3 is 6.09 Å². The largest absolute Gasteiger partial charge is 0.453 e. The Kier molecular flexibility index (Phi) is 13.2. The van der Waals surface area contributed by atoms with Gasteiger partial charge in [0.2, 0.25) is 18.2 Å². The van der Waals surface area contributed by atoms with Crippen LogP contribution >= 0.6 is 0 Å². The molecular weight excluding hydrogens is 713 g/mol. The number of methoxy groups -OCH3 is 1. The van der Waals surface area contributed by atoms with Crippen molar-refractivity contribution >= 4 is 24.3 Å². The smallest absolute Gasteiger partial charge is 0.407 e. The Labute approximate surface area is 328 Å². The third-order valence-corrected chi connectivity index (χ3v) is 10.9. The number of benzene rings is 2. The minimum absolute atomic E-state index is 0.0104. The predicted molar refractivity (Wildman–Crippen MR) is 213 cm³/mol. The Hall–Kier alpha value is -5.50. The normalized spacial score (nSPS) is 18.2. The Morgan fingerprint density at radius 2 is 1.25 bits per heavy atom. The number of alkyl carbamates (subject to hydrolysis) is 1. The van der Waals surface area contributed by atoms with Crippen molar-refractivity contribution in [3.63, 3.8) is 0 Å². The van der Waals surface area contributed by atoms with Crippen LogP contribution in [0.25, 0.3) is 33.6 Å². The Morgan fingerprint density at radius 1 is 0.768 bits per heavy atom. The standard InChI is InChI=1S/C42H54N8O6/c1-26(2)32(45-25-56-55-6)21-38(51)49-19-7-9-36(49)40-43-23-34(46-40)30-15-11-28(12-16-30)29-13-17-31(18-14-29)35-24-44-41(47-35)37-10-8-20-50(37)39(52)22-33(27(3)4)48-42(53)54-5/h11-18,23-27,32-33,36-37H,7-10,19-22H2,1-6H3,(H,43,46)(H,44,47)(H,48,53)/b45-25-/t32-,33-,36+,37+/m1/s1. The lowest BCUT2D eigenvalue weighted by Gasteiger charge is -2.27. The number of carbonyl (C=O) groups excluding carboxylic acids is 3. The first-order valence-corrected chi connectivity index (χ1v) is 19.5. The quantitative estimate of drug-likeness (QED) is 0.0492. The van der Waals surface area contributed by atoms with Gasteiger partial charge in [-0.05, 0) is 59.8 Å². The molecule has 4 heterocycles.